The maximum Gasteiger partial charge on any atom is 0.336 e. The summed E-state index contributed by atoms with van der Waals surface area (Å²) in [4.78, 5) is 25.9. The number of sulfonamides is 1. The summed E-state index contributed by atoms with van der Waals surface area (Å²) < 4.78 is 53.8. The van der Waals surface area contributed by atoms with Gasteiger partial charge in [-0.25, -0.2) is 26.3 Å². The first-order valence-corrected chi connectivity index (χ1v) is 11.5. The molecule has 0 unspecified atom stereocenters. The lowest BCUT2D eigenvalue weighted by Gasteiger charge is -2.32. The fraction of sp³-hybridized carbons (Fsp3) is 0.273. The highest BCUT2D eigenvalue weighted by atomic mass is 32.2. The molecule has 0 aromatic heterocycles. The molecule has 1 fully saturated rings. The molecule has 0 radical (unpaired) electrons. The van der Waals surface area contributed by atoms with Gasteiger partial charge in [0.15, 0.2) is 11.6 Å². The second kappa shape index (κ2) is 7.13. The number of aryl methyl sites for hydroxylation is 1. The SMILES string of the molecule is Cc1cccc(C2=C[C@H]3C[C@@H]2CN3C(=O)CN2C(=O)Nc3ccc(F)c(F)c3S2(=O)=O)c1. The normalized spacial score (nSPS) is 23.1. The van der Waals surface area contributed by atoms with Gasteiger partial charge in [-0.3, -0.25) is 4.79 Å². The Morgan fingerprint density at radius 3 is 2.69 bits per heavy atom. The van der Waals surface area contributed by atoms with Crippen LogP contribution in [0.1, 0.15) is 17.5 Å². The average molecular weight is 459 g/mol. The maximum absolute atomic E-state index is 14.2. The Labute approximate surface area is 183 Å². The molecule has 1 aliphatic carbocycles. The Morgan fingerprint density at radius 1 is 1.22 bits per heavy atom. The van der Waals surface area contributed by atoms with Crippen LogP contribution in [0.25, 0.3) is 5.57 Å². The number of fused-ring (bicyclic) bond motifs is 3. The number of rotatable bonds is 3. The summed E-state index contributed by atoms with van der Waals surface area (Å²) in [5.74, 6) is -3.41. The van der Waals surface area contributed by atoms with E-state index in [-0.39, 0.29) is 22.0 Å². The van der Waals surface area contributed by atoms with Crippen molar-refractivity contribution >= 4 is 33.2 Å². The van der Waals surface area contributed by atoms with Crippen LogP contribution in [0.4, 0.5) is 19.3 Å². The molecule has 2 aromatic carbocycles. The van der Waals surface area contributed by atoms with Crippen LogP contribution in [0.15, 0.2) is 47.4 Å². The van der Waals surface area contributed by atoms with Crippen molar-refractivity contribution in [3.05, 3.63) is 65.2 Å². The van der Waals surface area contributed by atoms with E-state index in [9.17, 15) is 26.8 Å². The standard InChI is InChI=1S/C22H19F2N3O4S/c1-12-3-2-4-13(7-12)16-9-15-8-14(16)10-26(15)19(28)11-27-22(29)25-18-6-5-17(23)20(24)21(18)32(27,30)31/h2-7,9,14-15H,8,10-11H2,1H3,(H,25,29)/t14-,15-/m1/s1. The Bertz CT molecular complexity index is 1310. The number of carbonyl (C=O) groups is 2. The molecule has 166 valence electrons. The molecule has 1 N–H and O–H groups in total. The monoisotopic (exact) mass is 459 g/mol. The highest BCUT2D eigenvalue weighted by Gasteiger charge is 2.45. The maximum atomic E-state index is 14.2. The van der Waals surface area contributed by atoms with Crippen molar-refractivity contribution in [1.29, 1.82) is 0 Å². The van der Waals surface area contributed by atoms with E-state index in [1.165, 1.54) is 4.90 Å². The molecule has 5 rings (SSSR count). The van der Waals surface area contributed by atoms with Crippen molar-refractivity contribution in [3.8, 4) is 0 Å². The van der Waals surface area contributed by atoms with E-state index in [1.807, 2.05) is 31.2 Å². The highest BCUT2D eigenvalue weighted by Crippen LogP contribution is 2.42. The van der Waals surface area contributed by atoms with Crippen LogP contribution < -0.4 is 5.32 Å². The zero-order chi connectivity index (χ0) is 22.8. The molecule has 2 aromatic rings. The van der Waals surface area contributed by atoms with Crippen LogP contribution in [-0.2, 0) is 14.8 Å². The number of amides is 3. The van der Waals surface area contributed by atoms with Crippen molar-refractivity contribution in [2.45, 2.75) is 24.3 Å². The molecule has 0 saturated carbocycles. The van der Waals surface area contributed by atoms with Gasteiger partial charge in [-0.2, -0.15) is 0 Å². The second-order valence-electron chi connectivity index (χ2n) is 8.22. The quantitative estimate of drug-likeness (QED) is 0.764. The van der Waals surface area contributed by atoms with E-state index in [2.05, 4.69) is 11.4 Å². The van der Waals surface area contributed by atoms with Crippen molar-refractivity contribution in [2.24, 2.45) is 5.92 Å². The highest BCUT2D eigenvalue weighted by molar-refractivity contribution is 7.90. The number of anilines is 1. The topological polar surface area (TPSA) is 86.8 Å². The third-order valence-corrected chi connectivity index (χ3v) is 7.96. The fourth-order valence-corrected chi connectivity index (χ4v) is 6.17. The van der Waals surface area contributed by atoms with Crippen LogP contribution in [0.5, 0.6) is 0 Å². The molecule has 7 nitrogen and oxygen atoms in total. The van der Waals surface area contributed by atoms with Crippen molar-refractivity contribution < 1.29 is 26.8 Å². The van der Waals surface area contributed by atoms with Gasteiger partial charge >= 0.3 is 6.03 Å². The summed E-state index contributed by atoms with van der Waals surface area (Å²) in [6.45, 7) is 1.61. The van der Waals surface area contributed by atoms with Gasteiger partial charge in [-0.1, -0.05) is 35.9 Å². The number of urea groups is 1. The minimum absolute atomic E-state index is 0.116. The number of nitrogens with zero attached hydrogens (tertiary/aromatic N) is 2. The Morgan fingerprint density at radius 2 is 2.00 bits per heavy atom. The summed E-state index contributed by atoms with van der Waals surface area (Å²) >= 11 is 0. The van der Waals surface area contributed by atoms with Crippen molar-refractivity contribution in [2.75, 3.05) is 18.4 Å². The number of hydrogen-bond acceptors (Lipinski definition) is 4. The molecule has 10 heteroatoms. The number of likely N-dealkylation sites (tertiary alicyclic amines) is 1. The first kappa shape index (κ1) is 20.6. The molecule has 2 aliphatic heterocycles. The Hall–Kier alpha value is -3.27. The van der Waals surface area contributed by atoms with Gasteiger partial charge in [-0.05, 0) is 36.6 Å². The predicted octanol–water partition coefficient (Wildman–Crippen LogP) is 3.12. The molecule has 32 heavy (non-hydrogen) atoms. The molecule has 1 saturated heterocycles. The lowest BCUT2D eigenvalue weighted by molar-refractivity contribution is -0.131. The molecule has 0 spiro atoms. The van der Waals surface area contributed by atoms with Crippen LogP contribution in [0.2, 0.25) is 0 Å². The molecule has 2 heterocycles. The van der Waals surface area contributed by atoms with E-state index < -0.39 is 45.0 Å². The average Bonchev–Trinajstić information content (AvgIpc) is 3.34. The lowest BCUT2D eigenvalue weighted by Crippen LogP contribution is -2.50. The molecule has 2 atom stereocenters. The van der Waals surface area contributed by atoms with Gasteiger partial charge in [0.2, 0.25) is 5.91 Å². The van der Waals surface area contributed by atoms with Gasteiger partial charge in [0.05, 0.1) is 11.7 Å². The zero-order valence-corrected chi connectivity index (χ0v) is 17.8. The van der Waals surface area contributed by atoms with E-state index >= 15 is 0 Å². The van der Waals surface area contributed by atoms with E-state index in [0.717, 1.165) is 35.3 Å². The summed E-state index contributed by atoms with van der Waals surface area (Å²) in [5.41, 5.74) is 3.02. The minimum atomic E-state index is -4.74. The third-order valence-electron chi connectivity index (χ3n) is 6.17. The predicted molar refractivity (Wildman–Crippen MR) is 112 cm³/mol. The second-order valence-corrected chi connectivity index (χ2v) is 10.0. The number of carbonyl (C=O) groups excluding carboxylic acids is 2. The zero-order valence-electron chi connectivity index (χ0n) is 17.0. The Kier molecular flexibility index (Phi) is 4.59. The van der Waals surface area contributed by atoms with Crippen LogP contribution in [-0.4, -0.2) is 48.7 Å². The van der Waals surface area contributed by atoms with Gasteiger partial charge < -0.3 is 10.2 Å². The fourth-order valence-electron chi connectivity index (χ4n) is 4.69. The number of hydrogen-bond donors (Lipinski definition) is 1. The molecule has 2 bridgehead atoms. The van der Waals surface area contributed by atoms with Gasteiger partial charge in [0.25, 0.3) is 10.0 Å². The molecule has 3 aliphatic rings. The summed E-state index contributed by atoms with van der Waals surface area (Å²) in [5, 5.41) is 2.22. The summed E-state index contributed by atoms with van der Waals surface area (Å²) in [6.07, 6.45) is 2.71. The van der Waals surface area contributed by atoms with Crippen LogP contribution in [0, 0.1) is 24.5 Å². The molecular weight excluding hydrogens is 440 g/mol. The van der Waals surface area contributed by atoms with Crippen LogP contribution in [0.3, 0.4) is 0 Å². The van der Waals surface area contributed by atoms with Gasteiger partial charge in [0, 0.05) is 12.5 Å². The summed E-state index contributed by atoms with van der Waals surface area (Å²) in [6, 6.07) is 8.47. The van der Waals surface area contributed by atoms with E-state index in [4.69, 9.17) is 0 Å². The smallest absolute Gasteiger partial charge is 0.334 e. The van der Waals surface area contributed by atoms with Crippen molar-refractivity contribution in [3.63, 3.8) is 0 Å². The number of nitrogens with one attached hydrogen (secondary N) is 1. The molecular formula is C22H19F2N3O4S. The largest absolute Gasteiger partial charge is 0.336 e. The van der Waals surface area contributed by atoms with Crippen molar-refractivity contribution in [1.82, 2.24) is 9.21 Å². The van der Waals surface area contributed by atoms with Gasteiger partial charge in [0.1, 0.15) is 11.4 Å². The third kappa shape index (κ3) is 3.09. The number of halogens is 2. The first-order valence-electron chi connectivity index (χ1n) is 10.1. The Balaban J connectivity index is 1.38. The van der Waals surface area contributed by atoms with Crippen LogP contribution >= 0.6 is 0 Å². The minimum Gasteiger partial charge on any atom is -0.334 e. The number of benzene rings is 2. The van der Waals surface area contributed by atoms with E-state index in [1.54, 1.807) is 0 Å². The summed E-state index contributed by atoms with van der Waals surface area (Å²) in [7, 11) is -4.74. The van der Waals surface area contributed by atoms with Gasteiger partial charge in [-0.15, -0.1) is 0 Å². The van der Waals surface area contributed by atoms with E-state index in [0.29, 0.717) is 6.54 Å². The lowest BCUT2D eigenvalue weighted by atomic mass is 9.94. The first-order chi connectivity index (χ1) is 15.2. The molecule has 3 amide bonds.